The zero-order valence-corrected chi connectivity index (χ0v) is 16.8. The van der Waals surface area contributed by atoms with Crippen LogP contribution in [0.1, 0.15) is 5.56 Å². The van der Waals surface area contributed by atoms with E-state index in [0.29, 0.717) is 23.4 Å². The van der Waals surface area contributed by atoms with Gasteiger partial charge < -0.3 is 15.4 Å². The summed E-state index contributed by atoms with van der Waals surface area (Å²) in [5, 5.41) is 6.22. The maximum atomic E-state index is 12.1. The summed E-state index contributed by atoms with van der Waals surface area (Å²) in [6.07, 6.45) is 0. The first-order valence-corrected chi connectivity index (χ1v) is 10.4. The first-order valence-electron chi connectivity index (χ1n) is 7.77. The minimum Gasteiger partial charge on any atom is -0.497 e. The van der Waals surface area contributed by atoms with Crippen molar-refractivity contribution in [3.05, 3.63) is 46.3 Å². The largest absolute Gasteiger partial charge is 0.497 e. The molecule has 142 valence electrons. The van der Waals surface area contributed by atoms with Gasteiger partial charge in [0.15, 0.2) is 5.96 Å². The van der Waals surface area contributed by atoms with Crippen molar-refractivity contribution in [2.24, 2.45) is 4.99 Å². The molecule has 0 aliphatic heterocycles. The maximum Gasteiger partial charge on any atom is 0.250 e. The zero-order chi connectivity index (χ0) is 19.0. The van der Waals surface area contributed by atoms with Gasteiger partial charge in [0, 0.05) is 26.7 Å². The molecule has 0 saturated carbocycles. The number of ether oxygens (including phenoxy) is 1. The Kier molecular flexibility index (Phi) is 7.70. The fourth-order valence-corrected chi connectivity index (χ4v) is 4.59. The molecule has 0 amide bonds. The number of nitrogens with one attached hydrogen (secondary N) is 3. The summed E-state index contributed by atoms with van der Waals surface area (Å²) < 4.78 is 32.4. The lowest BCUT2D eigenvalue weighted by atomic mass is 10.2. The third-order valence-corrected chi connectivity index (χ3v) is 6.55. The fourth-order valence-electron chi connectivity index (χ4n) is 2.03. The molecular weight excluding hydrogens is 396 g/mol. The summed E-state index contributed by atoms with van der Waals surface area (Å²) in [4.78, 5) is 4.11. The number of rotatable bonds is 8. The van der Waals surface area contributed by atoms with Crippen molar-refractivity contribution >= 4 is 38.9 Å². The molecule has 3 N–H and O–H groups in total. The molecular formula is C16H21ClN4O3S2. The number of hydrogen-bond donors (Lipinski definition) is 3. The molecule has 10 heteroatoms. The van der Waals surface area contributed by atoms with Gasteiger partial charge in [0.05, 0.1) is 11.4 Å². The number of nitrogens with zero attached hydrogens (tertiary/aromatic N) is 1. The van der Waals surface area contributed by atoms with E-state index in [1.807, 2.05) is 24.3 Å². The molecule has 0 radical (unpaired) electrons. The van der Waals surface area contributed by atoms with Crippen LogP contribution in [0.5, 0.6) is 5.75 Å². The molecule has 1 aromatic heterocycles. The Balaban J connectivity index is 1.74. The predicted octanol–water partition coefficient (Wildman–Crippen LogP) is 2.05. The van der Waals surface area contributed by atoms with Crippen molar-refractivity contribution in [2.75, 3.05) is 27.2 Å². The normalized spacial score (nSPS) is 12.0. The molecule has 26 heavy (non-hydrogen) atoms. The van der Waals surface area contributed by atoms with Crippen molar-refractivity contribution < 1.29 is 13.2 Å². The van der Waals surface area contributed by atoms with Crippen LogP contribution in [0.25, 0.3) is 0 Å². The van der Waals surface area contributed by atoms with E-state index in [1.54, 1.807) is 20.2 Å². The van der Waals surface area contributed by atoms with Gasteiger partial charge >= 0.3 is 0 Å². The van der Waals surface area contributed by atoms with Gasteiger partial charge in [-0.3, -0.25) is 4.99 Å². The molecule has 1 heterocycles. The van der Waals surface area contributed by atoms with E-state index in [0.717, 1.165) is 22.6 Å². The summed E-state index contributed by atoms with van der Waals surface area (Å²) in [5.41, 5.74) is 1.07. The average molecular weight is 417 g/mol. The zero-order valence-electron chi connectivity index (χ0n) is 14.5. The predicted molar refractivity (Wildman–Crippen MR) is 106 cm³/mol. The molecule has 0 aliphatic rings. The van der Waals surface area contributed by atoms with E-state index in [9.17, 15) is 8.42 Å². The summed E-state index contributed by atoms with van der Waals surface area (Å²) in [6.45, 7) is 1.20. The third kappa shape index (κ3) is 6.17. The smallest absolute Gasteiger partial charge is 0.250 e. The summed E-state index contributed by atoms with van der Waals surface area (Å²) in [5.74, 6) is 1.38. The monoisotopic (exact) mass is 416 g/mol. The fraction of sp³-hybridized carbons (Fsp3) is 0.312. The second-order valence-electron chi connectivity index (χ2n) is 5.16. The van der Waals surface area contributed by atoms with Crippen LogP contribution < -0.4 is 20.1 Å². The summed E-state index contributed by atoms with van der Waals surface area (Å²) in [7, 11) is -0.255. The lowest BCUT2D eigenvalue weighted by molar-refractivity contribution is 0.414. The van der Waals surface area contributed by atoms with E-state index in [4.69, 9.17) is 16.3 Å². The highest BCUT2D eigenvalue weighted by Crippen LogP contribution is 2.25. The molecule has 0 unspecified atom stereocenters. The molecule has 2 rings (SSSR count). The van der Waals surface area contributed by atoms with Crippen LogP contribution in [-0.2, 0) is 16.6 Å². The average Bonchev–Trinajstić information content (AvgIpc) is 3.09. The summed E-state index contributed by atoms with van der Waals surface area (Å²) in [6, 6.07) is 10.7. The van der Waals surface area contributed by atoms with Crippen molar-refractivity contribution in [3.63, 3.8) is 0 Å². The van der Waals surface area contributed by atoms with Gasteiger partial charge in [-0.1, -0.05) is 23.7 Å². The van der Waals surface area contributed by atoms with Crippen molar-refractivity contribution in [3.8, 4) is 5.75 Å². The molecule has 0 bridgehead atoms. The van der Waals surface area contributed by atoms with Crippen molar-refractivity contribution in [1.29, 1.82) is 0 Å². The first kappa shape index (κ1) is 20.5. The Labute approximate surface area is 162 Å². The van der Waals surface area contributed by atoms with Crippen LogP contribution in [-0.4, -0.2) is 41.6 Å². The number of guanidine groups is 1. The van der Waals surface area contributed by atoms with Crippen LogP contribution in [0.2, 0.25) is 4.34 Å². The Morgan fingerprint density at radius 1 is 1.15 bits per heavy atom. The van der Waals surface area contributed by atoms with E-state index < -0.39 is 10.0 Å². The Morgan fingerprint density at radius 3 is 2.46 bits per heavy atom. The lowest BCUT2D eigenvalue weighted by Crippen LogP contribution is -2.41. The van der Waals surface area contributed by atoms with Gasteiger partial charge in [0.25, 0.3) is 0 Å². The molecule has 2 aromatic rings. The van der Waals surface area contributed by atoms with Crippen LogP contribution in [0, 0.1) is 0 Å². The molecule has 0 saturated heterocycles. The van der Waals surface area contributed by atoms with Gasteiger partial charge in [-0.05, 0) is 29.8 Å². The number of thiophene rings is 1. The van der Waals surface area contributed by atoms with E-state index in [2.05, 4.69) is 20.3 Å². The van der Waals surface area contributed by atoms with E-state index in [1.165, 1.54) is 6.07 Å². The molecule has 0 aliphatic carbocycles. The van der Waals surface area contributed by atoms with Crippen LogP contribution in [0.4, 0.5) is 0 Å². The Bertz CT molecular complexity index is 835. The molecule has 0 atom stereocenters. The van der Waals surface area contributed by atoms with Crippen LogP contribution in [0.15, 0.2) is 45.6 Å². The number of halogens is 1. The number of benzene rings is 1. The number of methoxy groups -OCH3 is 1. The third-order valence-electron chi connectivity index (χ3n) is 3.37. The van der Waals surface area contributed by atoms with Gasteiger partial charge in [-0.15, -0.1) is 11.3 Å². The number of hydrogen-bond acceptors (Lipinski definition) is 5. The van der Waals surface area contributed by atoms with Gasteiger partial charge in [-0.2, -0.15) is 0 Å². The number of sulfonamides is 1. The van der Waals surface area contributed by atoms with Gasteiger partial charge in [0.1, 0.15) is 9.96 Å². The molecule has 0 spiro atoms. The lowest BCUT2D eigenvalue weighted by Gasteiger charge is -2.12. The van der Waals surface area contributed by atoms with Gasteiger partial charge in [-0.25, -0.2) is 13.1 Å². The van der Waals surface area contributed by atoms with E-state index in [-0.39, 0.29) is 10.8 Å². The highest BCUT2D eigenvalue weighted by molar-refractivity contribution is 7.91. The maximum absolute atomic E-state index is 12.1. The second-order valence-corrected chi connectivity index (χ2v) is 8.87. The molecule has 7 nitrogen and oxygen atoms in total. The van der Waals surface area contributed by atoms with Crippen molar-refractivity contribution in [1.82, 2.24) is 15.4 Å². The van der Waals surface area contributed by atoms with E-state index >= 15 is 0 Å². The Hall–Kier alpha value is -1.81. The highest BCUT2D eigenvalue weighted by atomic mass is 35.5. The van der Waals surface area contributed by atoms with Crippen molar-refractivity contribution in [2.45, 2.75) is 10.8 Å². The van der Waals surface area contributed by atoms with Gasteiger partial charge in [0.2, 0.25) is 10.0 Å². The van der Waals surface area contributed by atoms with Crippen LogP contribution in [0.3, 0.4) is 0 Å². The summed E-state index contributed by atoms with van der Waals surface area (Å²) >= 11 is 6.79. The SMILES string of the molecule is CN=C(NCCNS(=O)(=O)c1ccc(Cl)s1)NCc1ccc(OC)cc1. The molecule has 0 fully saturated rings. The standard InChI is InChI=1S/C16H21ClN4O3S2/c1-18-16(20-11-12-3-5-13(24-2)6-4-12)19-9-10-21-26(22,23)15-8-7-14(17)25-15/h3-8,21H,9-11H2,1-2H3,(H2,18,19,20). The minimum atomic E-state index is -3.53. The topological polar surface area (TPSA) is 91.8 Å². The van der Waals surface area contributed by atoms with Crippen LogP contribution >= 0.6 is 22.9 Å². The molecule has 1 aromatic carbocycles. The number of aliphatic imine (C=N–C) groups is 1. The first-order chi connectivity index (χ1) is 12.4. The second kappa shape index (κ2) is 9.77. The Morgan fingerprint density at radius 2 is 1.88 bits per heavy atom. The highest BCUT2D eigenvalue weighted by Gasteiger charge is 2.15. The minimum absolute atomic E-state index is 0.199. The quantitative estimate of drug-likeness (QED) is 0.348.